The molecule has 3 rings (SSSR count). The summed E-state index contributed by atoms with van der Waals surface area (Å²) in [5.41, 5.74) is 0. The predicted octanol–water partition coefficient (Wildman–Crippen LogP) is 1.87. The summed E-state index contributed by atoms with van der Waals surface area (Å²) in [6.45, 7) is 4.05. The second kappa shape index (κ2) is 9.58. The van der Waals surface area contributed by atoms with Crippen molar-refractivity contribution in [2.75, 3.05) is 44.2 Å². The number of halogens is 3. The number of aromatic nitrogens is 2. The molecule has 2 heterocycles. The third kappa shape index (κ3) is 6.54. The van der Waals surface area contributed by atoms with Gasteiger partial charge in [-0.1, -0.05) is 6.07 Å². The van der Waals surface area contributed by atoms with E-state index < -0.39 is 22.1 Å². The van der Waals surface area contributed by atoms with Crippen molar-refractivity contribution >= 4 is 16.0 Å². The first-order valence-corrected chi connectivity index (χ1v) is 10.8. The molecule has 1 saturated heterocycles. The molecular weight excluding hydrogens is 423 g/mol. The summed E-state index contributed by atoms with van der Waals surface area (Å²) in [6, 6.07) is 6.08. The number of benzene rings is 1. The highest BCUT2D eigenvalue weighted by atomic mass is 32.2. The zero-order valence-corrected chi connectivity index (χ0v) is 16.9. The number of ether oxygens (including phenoxy) is 1. The molecule has 0 radical (unpaired) electrons. The monoisotopic (exact) mass is 445 g/mol. The van der Waals surface area contributed by atoms with Crippen molar-refractivity contribution in [3.63, 3.8) is 0 Å². The Balaban J connectivity index is 1.43. The predicted molar refractivity (Wildman–Crippen MR) is 104 cm³/mol. The normalized spacial score (nSPS) is 15.9. The molecule has 0 aliphatic carbocycles. The molecule has 1 aromatic carbocycles. The molecule has 30 heavy (non-hydrogen) atoms. The zero-order valence-electron chi connectivity index (χ0n) is 16.0. The molecule has 12 heteroatoms. The van der Waals surface area contributed by atoms with Crippen LogP contribution in [0.4, 0.5) is 19.1 Å². The Kier molecular flexibility index (Phi) is 7.10. The molecule has 0 bridgehead atoms. The van der Waals surface area contributed by atoms with Gasteiger partial charge in [0.1, 0.15) is 5.75 Å². The third-order valence-corrected chi connectivity index (χ3v) is 5.96. The van der Waals surface area contributed by atoms with Crippen LogP contribution in [0.25, 0.3) is 0 Å². The van der Waals surface area contributed by atoms with Crippen molar-refractivity contribution in [2.24, 2.45) is 0 Å². The van der Waals surface area contributed by atoms with Gasteiger partial charge >= 0.3 is 6.36 Å². The van der Waals surface area contributed by atoms with E-state index in [1.165, 1.54) is 12.1 Å². The number of alkyl halides is 3. The van der Waals surface area contributed by atoms with Gasteiger partial charge in [-0.2, -0.15) is 0 Å². The lowest BCUT2D eigenvalue weighted by atomic mass is 10.3. The van der Waals surface area contributed by atoms with Crippen molar-refractivity contribution in [3.8, 4) is 5.75 Å². The number of nitrogens with zero attached hydrogens (tertiary/aromatic N) is 4. The van der Waals surface area contributed by atoms with Crippen molar-refractivity contribution in [2.45, 2.75) is 17.7 Å². The molecule has 0 atom stereocenters. The van der Waals surface area contributed by atoms with Crippen LogP contribution in [0.15, 0.2) is 47.6 Å². The summed E-state index contributed by atoms with van der Waals surface area (Å²) >= 11 is 0. The molecule has 0 saturated carbocycles. The van der Waals surface area contributed by atoms with Gasteiger partial charge in [-0.25, -0.2) is 23.1 Å². The average molecular weight is 445 g/mol. The molecular formula is C18H22F3N5O3S. The topological polar surface area (TPSA) is 87.7 Å². The minimum absolute atomic E-state index is 0.175. The van der Waals surface area contributed by atoms with Crippen LogP contribution in [0.2, 0.25) is 0 Å². The fourth-order valence-corrected chi connectivity index (χ4v) is 4.17. The van der Waals surface area contributed by atoms with E-state index in [9.17, 15) is 21.6 Å². The number of hydrogen-bond donors (Lipinski definition) is 1. The van der Waals surface area contributed by atoms with Crippen LogP contribution in [0, 0.1) is 0 Å². The van der Waals surface area contributed by atoms with Gasteiger partial charge in [0.05, 0.1) is 4.90 Å². The van der Waals surface area contributed by atoms with E-state index in [1.54, 1.807) is 18.5 Å². The standard InChI is InChI=1S/C18H22F3N5O3S/c19-18(20,21)29-15-4-1-5-16(14-15)30(27,28)24-8-3-9-25-10-12-26(13-11-25)17-22-6-2-7-23-17/h1-2,4-7,14,24H,3,8-13H2. The Morgan fingerprint density at radius 3 is 2.43 bits per heavy atom. The van der Waals surface area contributed by atoms with Crippen LogP contribution in [0.5, 0.6) is 5.75 Å². The summed E-state index contributed by atoms with van der Waals surface area (Å²) in [4.78, 5) is 12.5. The molecule has 0 spiro atoms. The Morgan fingerprint density at radius 1 is 1.07 bits per heavy atom. The van der Waals surface area contributed by atoms with Crippen LogP contribution in [-0.4, -0.2) is 68.9 Å². The molecule has 2 aromatic rings. The summed E-state index contributed by atoms with van der Waals surface area (Å²) in [6.07, 6.45) is -0.913. The van der Waals surface area contributed by atoms with Gasteiger partial charge in [-0.15, -0.1) is 13.2 Å². The molecule has 1 aliphatic rings. The summed E-state index contributed by atoms with van der Waals surface area (Å²) in [5, 5.41) is 0. The smallest absolute Gasteiger partial charge is 0.406 e. The molecule has 1 N–H and O–H groups in total. The molecule has 0 amide bonds. The summed E-state index contributed by atoms with van der Waals surface area (Å²) < 4.78 is 67.8. The first kappa shape index (κ1) is 22.2. The zero-order chi connectivity index (χ0) is 21.6. The number of piperazine rings is 1. The van der Waals surface area contributed by atoms with E-state index in [1.807, 2.05) is 0 Å². The number of nitrogens with one attached hydrogen (secondary N) is 1. The maximum Gasteiger partial charge on any atom is 0.573 e. The van der Waals surface area contributed by atoms with Crippen LogP contribution in [0.1, 0.15) is 6.42 Å². The maximum atomic E-state index is 12.3. The molecule has 1 fully saturated rings. The Morgan fingerprint density at radius 2 is 1.77 bits per heavy atom. The van der Waals surface area contributed by atoms with Crippen molar-refractivity contribution in [1.82, 2.24) is 19.6 Å². The Bertz CT molecular complexity index is 920. The second-order valence-corrected chi connectivity index (χ2v) is 8.42. The van der Waals surface area contributed by atoms with E-state index >= 15 is 0 Å². The quantitative estimate of drug-likeness (QED) is 0.621. The van der Waals surface area contributed by atoms with Gasteiger partial charge in [-0.3, -0.25) is 4.90 Å². The van der Waals surface area contributed by atoms with Crippen molar-refractivity contribution < 1.29 is 26.3 Å². The van der Waals surface area contributed by atoms with Gasteiger partial charge in [0.15, 0.2) is 0 Å². The van der Waals surface area contributed by atoms with Crippen LogP contribution in [0.3, 0.4) is 0 Å². The van der Waals surface area contributed by atoms with E-state index in [4.69, 9.17) is 0 Å². The lowest BCUT2D eigenvalue weighted by Gasteiger charge is -2.34. The van der Waals surface area contributed by atoms with Gasteiger partial charge in [-0.05, 0) is 31.2 Å². The van der Waals surface area contributed by atoms with E-state index in [2.05, 4.69) is 29.2 Å². The summed E-state index contributed by atoms with van der Waals surface area (Å²) in [5.74, 6) is 0.118. The molecule has 0 unspecified atom stereocenters. The number of anilines is 1. The fraction of sp³-hybridized carbons (Fsp3) is 0.444. The summed E-state index contributed by atoms with van der Waals surface area (Å²) in [7, 11) is -3.93. The van der Waals surface area contributed by atoms with E-state index in [0.29, 0.717) is 18.9 Å². The van der Waals surface area contributed by atoms with Crippen LogP contribution >= 0.6 is 0 Å². The number of hydrogen-bond acceptors (Lipinski definition) is 7. The van der Waals surface area contributed by atoms with Gasteiger partial charge in [0, 0.05) is 51.2 Å². The molecule has 1 aromatic heterocycles. The Hall–Kier alpha value is -2.44. The maximum absolute atomic E-state index is 12.3. The highest BCUT2D eigenvalue weighted by molar-refractivity contribution is 7.89. The first-order chi connectivity index (χ1) is 14.2. The lowest BCUT2D eigenvalue weighted by Crippen LogP contribution is -2.47. The number of sulfonamides is 1. The third-order valence-electron chi connectivity index (χ3n) is 4.50. The lowest BCUT2D eigenvalue weighted by molar-refractivity contribution is -0.274. The van der Waals surface area contributed by atoms with Crippen LogP contribution < -0.4 is 14.4 Å². The first-order valence-electron chi connectivity index (χ1n) is 9.33. The number of rotatable bonds is 8. The minimum atomic E-state index is -4.88. The molecule has 8 nitrogen and oxygen atoms in total. The second-order valence-electron chi connectivity index (χ2n) is 6.65. The Labute approximate surface area is 172 Å². The highest BCUT2D eigenvalue weighted by Gasteiger charge is 2.31. The van der Waals surface area contributed by atoms with E-state index in [-0.39, 0.29) is 11.4 Å². The largest absolute Gasteiger partial charge is 0.573 e. The molecule has 164 valence electrons. The molecule has 1 aliphatic heterocycles. The van der Waals surface area contributed by atoms with Gasteiger partial charge in [0.2, 0.25) is 16.0 Å². The van der Waals surface area contributed by atoms with Crippen molar-refractivity contribution in [1.29, 1.82) is 0 Å². The fourth-order valence-electron chi connectivity index (χ4n) is 3.06. The highest BCUT2D eigenvalue weighted by Crippen LogP contribution is 2.24. The minimum Gasteiger partial charge on any atom is -0.406 e. The average Bonchev–Trinajstić information content (AvgIpc) is 2.71. The van der Waals surface area contributed by atoms with Crippen LogP contribution in [-0.2, 0) is 10.0 Å². The van der Waals surface area contributed by atoms with Gasteiger partial charge < -0.3 is 9.64 Å². The van der Waals surface area contributed by atoms with E-state index in [0.717, 1.165) is 38.3 Å². The SMILES string of the molecule is O=S(=O)(NCCCN1CCN(c2ncccn2)CC1)c1cccc(OC(F)(F)F)c1. The van der Waals surface area contributed by atoms with Crippen molar-refractivity contribution in [3.05, 3.63) is 42.7 Å². The van der Waals surface area contributed by atoms with Gasteiger partial charge in [0.25, 0.3) is 0 Å².